The molecule has 1 aliphatic carbocycles. The van der Waals surface area contributed by atoms with E-state index in [1.807, 2.05) is 23.9 Å². The van der Waals surface area contributed by atoms with Crippen LogP contribution in [0.5, 0.6) is 0 Å². The van der Waals surface area contributed by atoms with Crippen LogP contribution in [0.15, 0.2) is 16.7 Å². The van der Waals surface area contributed by atoms with Crippen LogP contribution < -0.4 is 5.32 Å². The molecule has 3 unspecified atom stereocenters. The van der Waals surface area contributed by atoms with Gasteiger partial charge in [-0.25, -0.2) is 0 Å². The van der Waals surface area contributed by atoms with Crippen LogP contribution in [0.25, 0.3) is 0 Å². The van der Waals surface area contributed by atoms with E-state index in [0.717, 1.165) is 16.8 Å². The molecule has 0 radical (unpaired) electrons. The summed E-state index contributed by atoms with van der Waals surface area (Å²) < 4.78 is 2.80. The Morgan fingerprint density at radius 2 is 2.28 bits per heavy atom. The summed E-state index contributed by atoms with van der Waals surface area (Å²) in [6, 6.07) is 2.20. The standard InChI is InChI=1S/C14H21BrN2O/c1-4-10-5-6-12(9(10)2)16-14(18)13-7-11(15)8-17(13)3/h7-10,12H,4-6H2,1-3H3,(H,16,18). The number of nitrogens with one attached hydrogen (secondary N) is 1. The minimum absolute atomic E-state index is 0.0387. The van der Waals surface area contributed by atoms with Crippen molar-refractivity contribution in [2.75, 3.05) is 0 Å². The first kappa shape index (κ1) is 13.7. The number of hydrogen-bond acceptors (Lipinski definition) is 1. The third-order valence-electron chi connectivity index (χ3n) is 4.27. The number of halogens is 1. The highest BCUT2D eigenvalue weighted by Gasteiger charge is 2.32. The first-order chi connectivity index (χ1) is 8.52. The van der Waals surface area contributed by atoms with Gasteiger partial charge in [0.05, 0.1) is 0 Å². The third-order valence-corrected chi connectivity index (χ3v) is 4.71. The van der Waals surface area contributed by atoms with E-state index >= 15 is 0 Å². The van der Waals surface area contributed by atoms with Gasteiger partial charge in [-0.2, -0.15) is 0 Å². The Morgan fingerprint density at radius 1 is 1.56 bits per heavy atom. The van der Waals surface area contributed by atoms with Gasteiger partial charge in [-0.1, -0.05) is 20.3 Å². The number of nitrogens with zero attached hydrogens (tertiary/aromatic N) is 1. The Morgan fingerprint density at radius 3 is 2.78 bits per heavy atom. The number of hydrogen-bond donors (Lipinski definition) is 1. The molecule has 0 saturated heterocycles. The van der Waals surface area contributed by atoms with E-state index in [-0.39, 0.29) is 5.91 Å². The fourth-order valence-electron chi connectivity index (χ4n) is 3.02. The van der Waals surface area contributed by atoms with Gasteiger partial charge in [0.2, 0.25) is 0 Å². The van der Waals surface area contributed by atoms with E-state index in [4.69, 9.17) is 0 Å². The lowest BCUT2D eigenvalue weighted by atomic mass is 9.93. The van der Waals surface area contributed by atoms with Crippen molar-refractivity contribution >= 4 is 21.8 Å². The molecule has 1 fully saturated rings. The molecule has 0 bridgehead atoms. The van der Waals surface area contributed by atoms with E-state index in [0.29, 0.717) is 17.7 Å². The molecule has 1 heterocycles. The second-order valence-corrected chi connectivity index (χ2v) is 6.25. The molecular weight excluding hydrogens is 292 g/mol. The van der Waals surface area contributed by atoms with Crippen molar-refractivity contribution in [1.82, 2.24) is 9.88 Å². The van der Waals surface area contributed by atoms with E-state index in [1.165, 1.54) is 12.8 Å². The highest BCUT2D eigenvalue weighted by Crippen LogP contribution is 2.34. The van der Waals surface area contributed by atoms with Crippen molar-refractivity contribution in [3.05, 3.63) is 22.4 Å². The quantitative estimate of drug-likeness (QED) is 0.912. The smallest absolute Gasteiger partial charge is 0.268 e. The van der Waals surface area contributed by atoms with Crippen molar-refractivity contribution in [3.63, 3.8) is 0 Å². The maximum atomic E-state index is 12.2. The molecule has 100 valence electrons. The average Bonchev–Trinajstić information content (AvgIpc) is 2.83. The van der Waals surface area contributed by atoms with Gasteiger partial charge in [-0.15, -0.1) is 0 Å². The number of carbonyl (C=O) groups is 1. The molecule has 1 saturated carbocycles. The highest BCUT2D eigenvalue weighted by molar-refractivity contribution is 9.10. The lowest BCUT2D eigenvalue weighted by Crippen LogP contribution is -2.38. The third kappa shape index (κ3) is 2.63. The lowest BCUT2D eigenvalue weighted by molar-refractivity contribution is 0.0918. The van der Waals surface area contributed by atoms with Gasteiger partial charge >= 0.3 is 0 Å². The first-order valence-electron chi connectivity index (χ1n) is 6.65. The van der Waals surface area contributed by atoms with Crippen LogP contribution in [0.3, 0.4) is 0 Å². The topological polar surface area (TPSA) is 34.0 Å². The summed E-state index contributed by atoms with van der Waals surface area (Å²) in [5.41, 5.74) is 0.717. The number of aromatic nitrogens is 1. The summed E-state index contributed by atoms with van der Waals surface area (Å²) in [7, 11) is 1.90. The zero-order valence-electron chi connectivity index (χ0n) is 11.2. The number of aryl methyl sites for hydroxylation is 1. The predicted octanol–water partition coefficient (Wildman–Crippen LogP) is 3.34. The van der Waals surface area contributed by atoms with Gasteiger partial charge in [0.15, 0.2) is 0 Å². The molecule has 0 aliphatic heterocycles. The molecule has 18 heavy (non-hydrogen) atoms. The highest BCUT2D eigenvalue weighted by atomic mass is 79.9. The lowest BCUT2D eigenvalue weighted by Gasteiger charge is -2.21. The van der Waals surface area contributed by atoms with E-state index in [2.05, 4.69) is 35.1 Å². The second kappa shape index (κ2) is 5.47. The molecule has 3 nitrogen and oxygen atoms in total. The molecule has 1 aliphatic rings. The Kier molecular flexibility index (Phi) is 4.15. The largest absolute Gasteiger partial charge is 0.348 e. The van der Waals surface area contributed by atoms with Gasteiger partial charge in [0.25, 0.3) is 5.91 Å². The number of amides is 1. The molecule has 4 heteroatoms. The van der Waals surface area contributed by atoms with Crippen LogP contribution in [0.2, 0.25) is 0 Å². The normalized spacial score (nSPS) is 27.4. The maximum absolute atomic E-state index is 12.2. The van der Waals surface area contributed by atoms with Gasteiger partial charge < -0.3 is 9.88 Å². The minimum Gasteiger partial charge on any atom is -0.348 e. The Labute approximate surface area is 117 Å². The van der Waals surface area contributed by atoms with E-state index in [9.17, 15) is 4.79 Å². The second-order valence-electron chi connectivity index (χ2n) is 5.34. The molecule has 2 rings (SSSR count). The van der Waals surface area contributed by atoms with Crippen molar-refractivity contribution in [3.8, 4) is 0 Å². The zero-order valence-corrected chi connectivity index (χ0v) is 12.8. The summed E-state index contributed by atoms with van der Waals surface area (Å²) in [6.45, 7) is 4.49. The summed E-state index contributed by atoms with van der Waals surface area (Å²) >= 11 is 3.40. The molecule has 1 aromatic rings. The van der Waals surface area contributed by atoms with Gasteiger partial charge in [-0.3, -0.25) is 4.79 Å². The SMILES string of the molecule is CCC1CCC(NC(=O)c2cc(Br)cn2C)C1C. The molecule has 1 N–H and O–H groups in total. The Balaban J connectivity index is 2.02. The van der Waals surface area contributed by atoms with Gasteiger partial charge in [-0.05, 0) is 46.7 Å². The minimum atomic E-state index is 0.0387. The zero-order chi connectivity index (χ0) is 13.3. The summed E-state index contributed by atoms with van der Waals surface area (Å²) in [5.74, 6) is 1.38. The van der Waals surface area contributed by atoms with Crippen molar-refractivity contribution in [1.29, 1.82) is 0 Å². The molecule has 3 atom stereocenters. The van der Waals surface area contributed by atoms with Crippen LogP contribution in [0, 0.1) is 11.8 Å². The monoisotopic (exact) mass is 312 g/mol. The summed E-state index contributed by atoms with van der Waals surface area (Å²) in [5, 5.41) is 3.18. The van der Waals surface area contributed by atoms with Crippen LogP contribution in [0.4, 0.5) is 0 Å². The van der Waals surface area contributed by atoms with Crippen LogP contribution in [0.1, 0.15) is 43.6 Å². The molecular formula is C14H21BrN2O. The molecule has 1 aromatic heterocycles. The molecule has 0 aromatic carbocycles. The van der Waals surface area contributed by atoms with Crippen LogP contribution in [-0.2, 0) is 7.05 Å². The number of carbonyl (C=O) groups excluding carboxylic acids is 1. The van der Waals surface area contributed by atoms with E-state index in [1.54, 1.807) is 0 Å². The number of rotatable bonds is 3. The Bertz CT molecular complexity index is 441. The van der Waals surface area contributed by atoms with Gasteiger partial charge in [0, 0.05) is 23.8 Å². The van der Waals surface area contributed by atoms with Crippen molar-refractivity contribution in [2.24, 2.45) is 18.9 Å². The van der Waals surface area contributed by atoms with Crippen LogP contribution in [-0.4, -0.2) is 16.5 Å². The fourth-order valence-corrected chi connectivity index (χ4v) is 3.54. The summed E-state index contributed by atoms with van der Waals surface area (Å²) in [4.78, 5) is 12.2. The average molecular weight is 313 g/mol. The predicted molar refractivity (Wildman–Crippen MR) is 76.5 cm³/mol. The van der Waals surface area contributed by atoms with E-state index < -0.39 is 0 Å². The first-order valence-corrected chi connectivity index (χ1v) is 7.45. The Hall–Kier alpha value is -0.770. The molecule has 1 amide bonds. The maximum Gasteiger partial charge on any atom is 0.268 e. The molecule has 0 spiro atoms. The fraction of sp³-hybridized carbons (Fsp3) is 0.643. The van der Waals surface area contributed by atoms with Crippen molar-refractivity contribution < 1.29 is 4.79 Å². The van der Waals surface area contributed by atoms with Gasteiger partial charge in [0.1, 0.15) is 5.69 Å². The van der Waals surface area contributed by atoms with Crippen molar-refractivity contribution in [2.45, 2.75) is 39.2 Å². The summed E-state index contributed by atoms with van der Waals surface area (Å²) in [6.07, 6.45) is 5.46. The van der Waals surface area contributed by atoms with Crippen LogP contribution >= 0.6 is 15.9 Å².